The summed E-state index contributed by atoms with van der Waals surface area (Å²) in [5, 5.41) is 12.6. The van der Waals surface area contributed by atoms with Gasteiger partial charge in [0.25, 0.3) is 0 Å². The monoisotopic (exact) mass is 374 g/mol. The van der Waals surface area contributed by atoms with Gasteiger partial charge in [0.05, 0.1) is 5.41 Å². The van der Waals surface area contributed by atoms with Crippen molar-refractivity contribution in [2.75, 3.05) is 18.4 Å². The summed E-state index contributed by atoms with van der Waals surface area (Å²) in [6, 6.07) is 13.7. The van der Waals surface area contributed by atoms with Gasteiger partial charge in [0.15, 0.2) is 0 Å². The first-order valence-corrected chi connectivity index (χ1v) is 8.56. The van der Waals surface area contributed by atoms with E-state index in [-0.39, 0.29) is 12.6 Å². The lowest BCUT2D eigenvalue weighted by atomic mass is 9.90. The Kier molecular flexibility index (Phi) is 5.04. The number of aliphatic carboxylic acids is 1. The molecule has 1 aliphatic heterocycles. The average molecular weight is 375 g/mol. The number of hydrogen-bond donors (Lipinski definition) is 2. The van der Waals surface area contributed by atoms with E-state index < -0.39 is 11.4 Å². The van der Waals surface area contributed by atoms with Crippen LogP contribution in [0.3, 0.4) is 0 Å². The number of carboxylic acid groups (broad SMARTS) is 1. The number of benzene rings is 2. The van der Waals surface area contributed by atoms with Crippen LogP contribution in [0.25, 0.3) is 0 Å². The standard InChI is InChI=1S/C19H19ClN2O4/c1-19(17(23)24)9-10-22(12-19)18(25)21-14-5-7-15(8-6-14)26-16-4-2-3-13(20)11-16/h2-8,11H,9-10,12H2,1H3,(H,21,25)(H,23,24). The number of halogens is 1. The van der Waals surface area contributed by atoms with Crippen molar-refractivity contribution in [3.8, 4) is 11.5 Å². The fourth-order valence-corrected chi connectivity index (χ4v) is 2.96. The van der Waals surface area contributed by atoms with Gasteiger partial charge in [-0.2, -0.15) is 0 Å². The minimum atomic E-state index is -0.883. The second kappa shape index (κ2) is 7.25. The number of carbonyl (C=O) groups is 2. The Bertz CT molecular complexity index is 825. The molecule has 2 aromatic rings. The summed E-state index contributed by atoms with van der Waals surface area (Å²) in [4.78, 5) is 25.1. The molecular weight excluding hydrogens is 356 g/mol. The van der Waals surface area contributed by atoms with Crippen LogP contribution in [0.5, 0.6) is 11.5 Å². The Morgan fingerprint density at radius 2 is 1.92 bits per heavy atom. The second-order valence-corrected chi connectivity index (χ2v) is 6.99. The van der Waals surface area contributed by atoms with Gasteiger partial charge in [0.2, 0.25) is 0 Å². The van der Waals surface area contributed by atoms with Gasteiger partial charge >= 0.3 is 12.0 Å². The van der Waals surface area contributed by atoms with Gasteiger partial charge in [-0.15, -0.1) is 0 Å². The first-order chi connectivity index (χ1) is 12.4. The van der Waals surface area contributed by atoms with Crippen LogP contribution in [0.2, 0.25) is 5.02 Å². The number of nitrogens with zero attached hydrogens (tertiary/aromatic N) is 1. The predicted octanol–water partition coefficient (Wildman–Crippen LogP) is 4.46. The summed E-state index contributed by atoms with van der Waals surface area (Å²) in [6.45, 7) is 2.28. The second-order valence-electron chi connectivity index (χ2n) is 6.55. The summed E-state index contributed by atoms with van der Waals surface area (Å²) < 4.78 is 5.70. The molecule has 1 heterocycles. The zero-order valence-corrected chi connectivity index (χ0v) is 15.0. The molecule has 1 aliphatic rings. The molecule has 2 aromatic carbocycles. The maximum Gasteiger partial charge on any atom is 0.321 e. The SMILES string of the molecule is CC1(C(=O)O)CCN(C(=O)Nc2ccc(Oc3cccc(Cl)c3)cc2)C1. The van der Waals surface area contributed by atoms with Gasteiger partial charge in [-0.05, 0) is 55.8 Å². The predicted molar refractivity (Wildman–Crippen MR) is 98.9 cm³/mol. The number of likely N-dealkylation sites (tertiary alicyclic amines) is 1. The van der Waals surface area contributed by atoms with Gasteiger partial charge in [-0.1, -0.05) is 17.7 Å². The molecule has 26 heavy (non-hydrogen) atoms. The Labute approximate surface area is 156 Å². The Morgan fingerprint density at radius 3 is 2.54 bits per heavy atom. The summed E-state index contributed by atoms with van der Waals surface area (Å²) in [7, 11) is 0. The number of urea groups is 1. The van der Waals surface area contributed by atoms with Crippen molar-refractivity contribution in [1.29, 1.82) is 0 Å². The molecule has 6 nitrogen and oxygen atoms in total. The molecule has 7 heteroatoms. The van der Waals surface area contributed by atoms with E-state index in [2.05, 4.69) is 5.32 Å². The molecular formula is C19H19ClN2O4. The van der Waals surface area contributed by atoms with Gasteiger partial charge in [0.1, 0.15) is 11.5 Å². The van der Waals surface area contributed by atoms with Crippen molar-refractivity contribution < 1.29 is 19.4 Å². The molecule has 1 fully saturated rings. The Balaban J connectivity index is 1.59. The maximum atomic E-state index is 12.3. The fourth-order valence-electron chi connectivity index (χ4n) is 2.78. The normalized spacial score (nSPS) is 19.2. The molecule has 2 amide bonds. The molecule has 2 N–H and O–H groups in total. The molecule has 3 rings (SSSR count). The number of carboxylic acids is 1. The maximum absolute atomic E-state index is 12.3. The molecule has 0 radical (unpaired) electrons. The van der Waals surface area contributed by atoms with E-state index in [1.807, 2.05) is 0 Å². The summed E-state index contributed by atoms with van der Waals surface area (Å²) in [6.07, 6.45) is 0.447. The zero-order chi connectivity index (χ0) is 18.7. The van der Waals surface area contributed by atoms with Gasteiger partial charge < -0.3 is 20.1 Å². The highest BCUT2D eigenvalue weighted by Gasteiger charge is 2.42. The number of ether oxygens (including phenoxy) is 1. The fraction of sp³-hybridized carbons (Fsp3) is 0.263. The third-order valence-corrected chi connectivity index (χ3v) is 4.65. The quantitative estimate of drug-likeness (QED) is 0.828. The zero-order valence-electron chi connectivity index (χ0n) is 14.2. The molecule has 0 aliphatic carbocycles. The van der Waals surface area contributed by atoms with Gasteiger partial charge in [-0.3, -0.25) is 4.79 Å². The highest BCUT2D eigenvalue weighted by Crippen LogP contribution is 2.31. The minimum absolute atomic E-state index is 0.199. The Morgan fingerprint density at radius 1 is 1.19 bits per heavy atom. The third-order valence-electron chi connectivity index (χ3n) is 4.41. The summed E-state index contributed by atoms with van der Waals surface area (Å²) in [5.41, 5.74) is -0.274. The van der Waals surface area contributed by atoms with Crippen LogP contribution in [0.15, 0.2) is 48.5 Å². The first kappa shape index (κ1) is 18.1. The van der Waals surface area contributed by atoms with Crippen molar-refractivity contribution in [2.24, 2.45) is 5.41 Å². The van der Waals surface area contributed by atoms with Crippen molar-refractivity contribution in [1.82, 2.24) is 4.90 Å². The van der Waals surface area contributed by atoms with E-state index in [0.717, 1.165) is 0 Å². The van der Waals surface area contributed by atoms with Crippen LogP contribution in [0.4, 0.5) is 10.5 Å². The van der Waals surface area contributed by atoms with Gasteiger partial charge in [0, 0.05) is 23.8 Å². The minimum Gasteiger partial charge on any atom is -0.481 e. The number of rotatable bonds is 4. The van der Waals surface area contributed by atoms with Crippen LogP contribution in [0.1, 0.15) is 13.3 Å². The van der Waals surface area contributed by atoms with E-state index >= 15 is 0 Å². The Hall–Kier alpha value is -2.73. The molecule has 0 aromatic heterocycles. The van der Waals surface area contributed by atoms with E-state index in [9.17, 15) is 14.7 Å². The van der Waals surface area contributed by atoms with Crippen LogP contribution in [-0.4, -0.2) is 35.1 Å². The molecule has 0 bridgehead atoms. The van der Waals surface area contributed by atoms with Crippen molar-refractivity contribution in [3.63, 3.8) is 0 Å². The molecule has 1 unspecified atom stereocenters. The average Bonchev–Trinajstić information content (AvgIpc) is 3.01. The highest BCUT2D eigenvalue weighted by atomic mass is 35.5. The first-order valence-electron chi connectivity index (χ1n) is 8.18. The number of carbonyl (C=O) groups excluding carboxylic acids is 1. The lowest BCUT2D eigenvalue weighted by molar-refractivity contribution is -0.146. The van der Waals surface area contributed by atoms with Crippen molar-refractivity contribution >= 4 is 29.3 Å². The summed E-state index contributed by atoms with van der Waals surface area (Å²) in [5.74, 6) is 0.361. The lowest BCUT2D eigenvalue weighted by Gasteiger charge is -2.20. The molecule has 0 saturated carbocycles. The molecule has 136 valence electrons. The van der Waals surface area contributed by atoms with E-state index in [1.54, 1.807) is 55.5 Å². The molecule has 1 saturated heterocycles. The smallest absolute Gasteiger partial charge is 0.321 e. The largest absolute Gasteiger partial charge is 0.481 e. The number of amides is 2. The highest BCUT2D eigenvalue weighted by molar-refractivity contribution is 6.30. The third kappa shape index (κ3) is 4.08. The van der Waals surface area contributed by atoms with Crippen molar-refractivity contribution in [2.45, 2.75) is 13.3 Å². The lowest BCUT2D eigenvalue weighted by Crippen LogP contribution is -2.37. The topological polar surface area (TPSA) is 78.9 Å². The van der Waals surface area contributed by atoms with Crippen LogP contribution >= 0.6 is 11.6 Å². The van der Waals surface area contributed by atoms with E-state index in [1.165, 1.54) is 4.90 Å². The van der Waals surface area contributed by atoms with Crippen molar-refractivity contribution in [3.05, 3.63) is 53.6 Å². The number of anilines is 1. The number of hydrogen-bond acceptors (Lipinski definition) is 3. The molecule has 1 atom stereocenters. The van der Waals surface area contributed by atoms with Crippen LogP contribution in [-0.2, 0) is 4.79 Å². The summed E-state index contributed by atoms with van der Waals surface area (Å²) >= 11 is 5.93. The van der Waals surface area contributed by atoms with E-state index in [4.69, 9.17) is 16.3 Å². The van der Waals surface area contributed by atoms with Gasteiger partial charge in [-0.25, -0.2) is 4.79 Å². The number of nitrogens with one attached hydrogen (secondary N) is 1. The molecule has 0 spiro atoms. The van der Waals surface area contributed by atoms with Crippen LogP contribution in [0, 0.1) is 5.41 Å². The van der Waals surface area contributed by atoms with Crippen LogP contribution < -0.4 is 10.1 Å². The van der Waals surface area contributed by atoms with E-state index in [0.29, 0.717) is 35.2 Å².